The summed E-state index contributed by atoms with van der Waals surface area (Å²) in [5.74, 6) is 0.177. The summed E-state index contributed by atoms with van der Waals surface area (Å²) in [6.07, 6.45) is 1.63. The number of hydrogen-bond donors (Lipinski definition) is 0. The maximum Gasteiger partial charge on any atom is 0.339 e. The molecule has 0 bridgehead atoms. The lowest BCUT2D eigenvalue weighted by molar-refractivity contribution is 0.0600. The number of carbonyl (C=O) groups is 1. The minimum Gasteiger partial charge on any atom is -0.465 e. The van der Waals surface area contributed by atoms with E-state index in [9.17, 15) is 4.79 Å². The van der Waals surface area contributed by atoms with Crippen LogP contribution in [-0.4, -0.2) is 27.7 Å². The Morgan fingerprint density at radius 2 is 1.95 bits per heavy atom. The van der Waals surface area contributed by atoms with Crippen LogP contribution in [-0.2, 0) is 4.74 Å². The van der Waals surface area contributed by atoms with Crippen molar-refractivity contribution in [3.8, 4) is 17.5 Å². The Kier molecular flexibility index (Phi) is 3.09. The number of rotatable bonds is 2. The second kappa shape index (κ2) is 5.06. The fourth-order valence-corrected chi connectivity index (χ4v) is 2.02. The van der Waals surface area contributed by atoms with E-state index in [0.29, 0.717) is 22.6 Å². The normalized spacial score (nSPS) is 10.3. The summed E-state index contributed by atoms with van der Waals surface area (Å²) in [5.41, 5.74) is 2.42. The molecule has 21 heavy (non-hydrogen) atoms. The largest absolute Gasteiger partial charge is 0.465 e. The average molecular weight is 278 g/mol. The zero-order chi connectivity index (χ0) is 14.8. The van der Waals surface area contributed by atoms with E-state index in [4.69, 9.17) is 10.00 Å². The Bertz CT molecular complexity index is 860. The van der Waals surface area contributed by atoms with Gasteiger partial charge in [-0.15, -0.1) is 10.2 Å². The van der Waals surface area contributed by atoms with Crippen molar-refractivity contribution in [2.75, 3.05) is 7.11 Å². The highest BCUT2D eigenvalue weighted by molar-refractivity contribution is 5.89. The number of nitrogens with zero attached hydrogens (tertiary/aromatic N) is 4. The van der Waals surface area contributed by atoms with E-state index in [1.807, 2.05) is 0 Å². The maximum atomic E-state index is 11.6. The molecule has 3 rings (SSSR count). The highest BCUT2D eigenvalue weighted by Crippen LogP contribution is 2.19. The first-order valence-corrected chi connectivity index (χ1v) is 6.16. The van der Waals surface area contributed by atoms with Gasteiger partial charge >= 0.3 is 5.97 Å². The summed E-state index contributed by atoms with van der Waals surface area (Å²) < 4.78 is 6.42. The second-order valence-electron chi connectivity index (χ2n) is 4.35. The second-order valence-corrected chi connectivity index (χ2v) is 4.35. The number of benzene rings is 1. The van der Waals surface area contributed by atoms with Crippen molar-refractivity contribution >= 4 is 11.6 Å². The fourth-order valence-electron chi connectivity index (χ4n) is 2.02. The number of hydrogen-bond acceptors (Lipinski definition) is 5. The molecule has 0 spiro atoms. The molecule has 3 aromatic rings. The van der Waals surface area contributed by atoms with Gasteiger partial charge in [0.1, 0.15) is 0 Å². The van der Waals surface area contributed by atoms with Crippen LogP contribution < -0.4 is 0 Å². The first-order valence-electron chi connectivity index (χ1n) is 6.16. The van der Waals surface area contributed by atoms with Crippen molar-refractivity contribution < 1.29 is 9.53 Å². The van der Waals surface area contributed by atoms with Gasteiger partial charge in [-0.1, -0.05) is 0 Å². The van der Waals surface area contributed by atoms with E-state index in [2.05, 4.69) is 16.3 Å². The van der Waals surface area contributed by atoms with Crippen LogP contribution in [0.1, 0.15) is 15.9 Å². The number of fused-ring (bicyclic) bond motifs is 1. The first kappa shape index (κ1) is 12.8. The lowest BCUT2D eigenvalue weighted by Gasteiger charge is -2.03. The van der Waals surface area contributed by atoms with Crippen LogP contribution in [0.4, 0.5) is 0 Å². The van der Waals surface area contributed by atoms with Gasteiger partial charge in [0, 0.05) is 11.8 Å². The van der Waals surface area contributed by atoms with Gasteiger partial charge in [-0.3, -0.25) is 4.40 Å². The number of aromatic nitrogens is 3. The van der Waals surface area contributed by atoms with Crippen LogP contribution in [0, 0.1) is 11.3 Å². The predicted octanol–water partition coefficient (Wildman–Crippen LogP) is 2.05. The third-order valence-corrected chi connectivity index (χ3v) is 3.10. The molecule has 6 heteroatoms. The van der Waals surface area contributed by atoms with Gasteiger partial charge in [-0.2, -0.15) is 5.26 Å². The summed E-state index contributed by atoms with van der Waals surface area (Å²) in [4.78, 5) is 11.6. The monoisotopic (exact) mass is 278 g/mol. The molecule has 1 aromatic carbocycles. The van der Waals surface area contributed by atoms with Crippen molar-refractivity contribution in [2.24, 2.45) is 0 Å². The minimum absolute atomic E-state index is 0.416. The van der Waals surface area contributed by atoms with Gasteiger partial charge in [0.2, 0.25) is 0 Å². The van der Waals surface area contributed by atoms with Crippen LogP contribution in [0.25, 0.3) is 17.0 Å². The highest BCUT2D eigenvalue weighted by Gasteiger charge is 2.11. The zero-order valence-electron chi connectivity index (χ0n) is 11.1. The molecule has 0 amide bonds. The van der Waals surface area contributed by atoms with E-state index in [1.165, 1.54) is 7.11 Å². The Hall–Kier alpha value is -3.20. The summed E-state index contributed by atoms with van der Waals surface area (Å²) in [6.45, 7) is 0. The first-order chi connectivity index (χ1) is 10.2. The molecule has 0 aliphatic heterocycles. The van der Waals surface area contributed by atoms with Gasteiger partial charge in [-0.25, -0.2) is 4.79 Å². The number of carbonyl (C=O) groups excluding carboxylic acids is 1. The van der Waals surface area contributed by atoms with Gasteiger partial charge in [-0.05, 0) is 36.4 Å². The van der Waals surface area contributed by atoms with Gasteiger partial charge in [0.05, 0.1) is 24.3 Å². The molecule has 102 valence electrons. The standard InChI is InChI=1S/C15H10N4O2/c1-21-15(20)12-6-7-13-17-18-14(19(13)9-12)11-4-2-10(8-16)3-5-11/h2-7,9H,1H3. The topological polar surface area (TPSA) is 80.3 Å². The molecule has 0 N–H and O–H groups in total. The maximum absolute atomic E-state index is 11.6. The molecule has 2 aromatic heterocycles. The Morgan fingerprint density at radius 3 is 2.62 bits per heavy atom. The van der Waals surface area contributed by atoms with Crippen LogP contribution in [0.15, 0.2) is 42.6 Å². The zero-order valence-corrected chi connectivity index (χ0v) is 11.1. The number of methoxy groups -OCH3 is 1. The third kappa shape index (κ3) is 2.21. The molecule has 0 atom stereocenters. The van der Waals surface area contributed by atoms with Gasteiger partial charge < -0.3 is 4.74 Å². The SMILES string of the molecule is COC(=O)c1ccc2nnc(-c3ccc(C#N)cc3)n2c1. The molecule has 0 aliphatic carbocycles. The molecule has 0 saturated carbocycles. The molecule has 6 nitrogen and oxygen atoms in total. The number of esters is 1. The van der Waals surface area contributed by atoms with Crippen molar-refractivity contribution in [1.29, 1.82) is 5.26 Å². The van der Waals surface area contributed by atoms with Crippen LogP contribution in [0.3, 0.4) is 0 Å². The number of ether oxygens (including phenoxy) is 1. The smallest absolute Gasteiger partial charge is 0.339 e. The van der Waals surface area contributed by atoms with E-state index in [-0.39, 0.29) is 0 Å². The Labute approximate surface area is 120 Å². The van der Waals surface area contributed by atoms with E-state index in [1.54, 1.807) is 47.0 Å². The molecule has 0 radical (unpaired) electrons. The highest BCUT2D eigenvalue weighted by atomic mass is 16.5. The molecule has 2 heterocycles. The minimum atomic E-state index is -0.420. The van der Waals surface area contributed by atoms with E-state index < -0.39 is 5.97 Å². The summed E-state index contributed by atoms with van der Waals surface area (Å²) in [7, 11) is 1.33. The third-order valence-electron chi connectivity index (χ3n) is 3.10. The molecular formula is C15H10N4O2. The molecule has 0 aliphatic rings. The summed E-state index contributed by atoms with van der Waals surface area (Å²) in [5, 5.41) is 17.0. The average Bonchev–Trinajstić information content (AvgIpc) is 2.97. The van der Waals surface area contributed by atoms with Crippen molar-refractivity contribution in [3.05, 3.63) is 53.7 Å². The van der Waals surface area contributed by atoms with Gasteiger partial charge in [0.25, 0.3) is 0 Å². The quantitative estimate of drug-likeness (QED) is 0.670. The molecule has 0 fully saturated rings. The predicted molar refractivity (Wildman–Crippen MR) is 74.5 cm³/mol. The number of pyridine rings is 1. The van der Waals surface area contributed by atoms with Gasteiger partial charge in [0.15, 0.2) is 11.5 Å². The summed E-state index contributed by atoms with van der Waals surface area (Å²) in [6, 6.07) is 12.4. The molecular weight excluding hydrogens is 268 g/mol. The van der Waals surface area contributed by atoms with Crippen molar-refractivity contribution in [1.82, 2.24) is 14.6 Å². The summed E-state index contributed by atoms with van der Waals surface area (Å²) >= 11 is 0. The van der Waals surface area contributed by atoms with Crippen molar-refractivity contribution in [2.45, 2.75) is 0 Å². The van der Waals surface area contributed by atoms with E-state index in [0.717, 1.165) is 5.56 Å². The van der Waals surface area contributed by atoms with Crippen molar-refractivity contribution in [3.63, 3.8) is 0 Å². The Balaban J connectivity index is 2.13. The molecule has 0 saturated heterocycles. The molecule has 0 unspecified atom stereocenters. The van der Waals surface area contributed by atoms with Crippen LogP contribution in [0.2, 0.25) is 0 Å². The lowest BCUT2D eigenvalue weighted by Crippen LogP contribution is -2.03. The van der Waals surface area contributed by atoms with E-state index >= 15 is 0 Å². The fraction of sp³-hybridized carbons (Fsp3) is 0.0667. The van der Waals surface area contributed by atoms with Crippen LogP contribution in [0.5, 0.6) is 0 Å². The number of nitriles is 1. The van der Waals surface area contributed by atoms with Crippen LogP contribution >= 0.6 is 0 Å². The Morgan fingerprint density at radius 1 is 1.19 bits per heavy atom. The lowest BCUT2D eigenvalue weighted by atomic mass is 10.1.